The first-order chi connectivity index (χ1) is 7.36. The first-order valence-corrected chi connectivity index (χ1v) is 6.02. The van der Waals surface area contributed by atoms with E-state index in [-0.39, 0.29) is 0 Å². The third-order valence-electron chi connectivity index (χ3n) is 2.85. The molecule has 2 nitrogen and oxygen atoms in total. The maximum absolute atomic E-state index is 2.40. The van der Waals surface area contributed by atoms with Gasteiger partial charge >= 0.3 is 5.13 Å². The minimum Gasteiger partial charge on any atom is -0.251 e. The molecule has 0 atom stereocenters. The molecule has 1 aromatic heterocycles. The summed E-state index contributed by atoms with van der Waals surface area (Å²) in [6, 6.07) is 10.6. The average molecular weight is 217 g/mol. The molecule has 0 N–H and O–H groups in total. The Bertz CT molecular complexity index is 476. The van der Waals surface area contributed by atoms with E-state index in [0.29, 0.717) is 0 Å². The molecule has 1 aliphatic heterocycles. The molecule has 76 valence electrons. The first kappa shape index (κ1) is 8.92. The van der Waals surface area contributed by atoms with E-state index in [1.54, 1.807) is 0 Å². The van der Waals surface area contributed by atoms with E-state index >= 15 is 0 Å². The van der Waals surface area contributed by atoms with Gasteiger partial charge in [-0.3, -0.25) is 4.90 Å². The van der Waals surface area contributed by atoms with E-state index in [1.165, 1.54) is 16.4 Å². The summed E-state index contributed by atoms with van der Waals surface area (Å²) in [5.74, 6) is 0. The molecule has 1 aromatic carbocycles. The molecule has 0 spiro atoms. The molecule has 0 radical (unpaired) electrons. The Morgan fingerprint density at radius 1 is 1.27 bits per heavy atom. The second kappa shape index (κ2) is 3.35. The number of hydrogen-bond donors (Lipinski definition) is 0. The van der Waals surface area contributed by atoms with Gasteiger partial charge in [-0.1, -0.05) is 41.7 Å². The standard InChI is InChI=1S/C12H13N2S/c1-13-7-8-14-11(9-15-12(13)14)10-5-3-2-4-6-10/h2-6,9H,7-8H2,1H3/q+1. The number of nitrogens with zero attached hydrogens (tertiary/aromatic N) is 2. The van der Waals surface area contributed by atoms with Crippen molar-refractivity contribution in [2.75, 3.05) is 18.5 Å². The number of fused-ring (bicyclic) bond motifs is 1. The maximum atomic E-state index is 2.40. The molecule has 0 saturated heterocycles. The van der Waals surface area contributed by atoms with Gasteiger partial charge < -0.3 is 0 Å². The molecule has 0 aliphatic carbocycles. The topological polar surface area (TPSA) is 7.12 Å². The second-order valence-electron chi connectivity index (χ2n) is 3.84. The summed E-state index contributed by atoms with van der Waals surface area (Å²) in [4.78, 5) is 2.32. The summed E-state index contributed by atoms with van der Waals surface area (Å²) < 4.78 is 2.40. The quantitative estimate of drug-likeness (QED) is 0.664. The van der Waals surface area contributed by atoms with Crippen molar-refractivity contribution < 1.29 is 4.57 Å². The zero-order valence-corrected chi connectivity index (χ0v) is 9.50. The third kappa shape index (κ3) is 1.35. The molecule has 0 fully saturated rings. The molecular formula is C12H13N2S+. The van der Waals surface area contributed by atoms with Gasteiger partial charge in [0.25, 0.3) is 0 Å². The first-order valence-electron chi connectivity index (χ1n) is 5.14. The second-order valence-corrected chi connectivity index (χ2v) is 4.68. The molecule has 1 aliphatic rings. The molecule has 3 heteroatoms. The highest BCUT2D eigenvalue weighted by molar-refractivity contribution is 7.13. The Hall–Kier alpha value is -1.35. The normalized spacial score (nSPS) is 14.3. The average Bonchev–Trinajstić information content (AvgIpc) is 2.83. The van der Waals surface area contributed by atoms with Crippen LogP contribution in [-0.2, 0) is 6.54 Å². The van der Waals surface area contributed by atoms with Gasteiger partial charge in [-0.05, 0) is 0 Å². The summed E-state index contributed by atoms with van der Waals surface area (Å²) in [7, 11) is 2.16. The summed E-state index contributed by atoms with van der Waals surface area (Å²) in [5.41, 5.74) is 2.66. The van der Waals surface area contributed by atoms with Gasteiger partial charge in [-0.15, -0.1) is 0 Å². The molecule has 3 rings (SSSR count). The van der Waals surface area contributed by atoms with Gasteiger partial charge in [-0.25, -0.2) is 4.57 Å². The predicted octanol–water partition coefficient (Wildman–Crippen LogP) is 2.15. The fourth-order valence-corrected chi connectivity index (χ4v) is 3.10. The Balaban J connectivity index is 2.12. The number of anilines is 1. The minimum absolute atomic E-state index is 1.11. The highest BCUT2D eigenvalue weighted by Crippen LogP contribution is 2.27. The van der Waals surface area contributed by atoms with Gasteiger partial charge in [0.1, 0.15) is 18.8 Å². The third-order valence-corrected chi connectivity index (χ3v) is 3.94. The Labute approximate surface area is 93.4 Å². The highest BCUT2D eigenvalue weighted by Gasteiger charge is 2.29. The number of rotatable bonds is 1. The lowest BCUT2D eigenvalue weighted by atomic mass is 10.2. The van der Waals surface area contributed by atoms with Crippen LogP contribution in [0, 0.1) is 0 Å². The van der Waals surface area contributed by atoms with Crippen molar-refractivity contribution in [1.29, 1.82) is 0 Å². The van der Waals surface area contributed by atoms with Crippen LogP contribution in [0.2, 0.25) is 0 Å². The van der Waals surface area contributed by atoms with Crippen LogP contribution in [-0.4, -0.2) is 13.6 Å². The van der Waals surface area contributed by atoms with E-state index in [4.69, 9.17) is 0 Å². The van der Waals surface area contributed by atoms with Crippen molar-refractivity contribution in [3.05, 3.63) is 35.7 Å². The molecule has 0 unspecified atom stereocenters. The lowest BCUT2D eigenvalue weighted by Gasteiger charge is -1.97. The van der Waals surface area contributed by atoms with Gasteiger partial charge in [0.2, 0.25) is 0 Å². The highest BCUT2D eigenvalue weighted by atomic mass is 32.1. The van der Waals surface area contributed by atoms with Crippen molar-refractivity contribution in [2.24, 2.45) is 0 Å². The molecule has 15 heavy (non-hydrogen) atoms. The predicted molar refractivity (Wildman–Crippen MR) is 63.2 cm³/mol. The van der Waals surface area contributed by atoms with Crippen molar-refractivity contribution in [3.8, 4) is 11.3 Å². The van der Waals surface area contributed by atoms with E-state index in [2.05, 4.69) is 52.2 Å². The molecular weight excluding hydrogens is 204 g/mol. The molecule has 0 amide bonds. The smallest absolute Gasteiger partial charge is 0.251 e. The largest absolute Gasteiger partial charge is 0.336 e. The van der Waals surface area contributed by atoms with Gasteiger partial charge in [0, 0.05) is 10.9 Å². The van der Waals surface area contributed by atoms with Crippen LogP contribution >= 0.6 is 11.3 Å². The summed E-state index contributed by atoms with van der Waals surface area (Å²) in [6.07, 6.45) is 0. The summed E-state index contributed by atoms with van der Waals surface area (Å²) in [6.45, 7) is 2.24. The van der Waals surface area contributed by atoms with Crippen LogP contribution in [0.1, 0.15) is 0 Å². The van der Waals surface area contributed by atoms with Crippen molar-refractivity contribution in [3.63, 3.8) is 0 Å². The van der Waals surface area contributed by atoms with E-state index in [0.717, 1.165) is 13.1 Å². The number of likely N-dealkylation sites (N-methyl/N-ethyl adjacent to an activating group) is 1. The SMILES string of the molecule is CN1CC[n+]2c(-c3ccccc3)csc21. The van der Waals surface area contributed by atoms with Crippen LogP contribution in [0.15, 0.2) is 35.7 Å². The van der Waals surface area contributed by atoms with E-state index < -0.39 is 0 Å². The number of aromatic nitrogens is 1. The van der Waals surface area contributed by atoms with Gasteiger partial charge in [0.15, 0.2) is 0 Å². The van der Waals surface area contributed by atoms with E-state index in [9.17, 15) is 0 Å². The van der Waals surface area contributed by atoms with Crippen LogP contribution in [0.4, 0.5) is 5.13 Å². The fourth-order valence-electron chi connectivity index (χ4n) is 2.03. The van der Waals surface area contributed by atoms with Crippen LogP contribution in [0.25, 0.3) is 11.3 Å². The van der Waals surface area contributed by atoms with Crippen molar-refractivity contribution >= 4 is 16.5 Å². The number of thiazole rings is 1. The molecule has 0 saturated carbocycles. The van der Waals surface area contributed by atoms with Crippen molar-refractivity contribution in [2.45, 2.75) is 6.54 Å². The molecule has 0 bridgehead atoms. The van der Waals surface area contributed by atoms with Crippen molar-refractivity contribution in [1.82, 2.24) is 0 Å². The van der Waals surface area contributed by atoms with Gasteiger partial charge in [0.05, 0.1) is 7.05 Å². The van der Waals surface area contributed by atoms with Crippen LogP contribution in [0.5, 0.6) is 0 Å². The fraction of sp³-hybridized carbons (Fsp3) is 0.250. The monoisotopic (exact) mass is 217 g/mol. The lowest BCUT2D eigenvalue weighted by molar-refractivity contribution is -0.656. The summed E-state index contributed by atoms with van der Waals surface area (Å²) in [5, 5.41) is 3.62. The van der Waals surface area contributed by atoms with Crippen LogP contribution < -0.4 is 9.47 Å². The maximum Gasteiger partial charge on any atom is 0.336 e. The summed E-state index contributed by atoms with van der Waals surface area (Å²) >= 11 is 1.83. The Morgan fingerprint density at radius 3 is 2.87 bits per heavy atom. The zero-order chi connectivity index (χ0) is 10.3. The van der Waals surface area contributed by atoms with E-state index in [1.807, 2.05) is 11.3 Å². The lowest BCUT2D eigenvalue weighted by Crippen LogP contribution is -2.30. The zero-order valence-electron chi connectivity index (χ0n) is 8.68. The van der Waals surface area contributed by atoms with Gasteiger partial charge in [-0.2, -0.15) is 0 Å². The number of hydrogen-bond acceptors (Lipinski definition) is 2. The Morgan fingerprint density at radius 2 is 2.07 bits per heavy atom. The minimum atomic E-state index is 1.11. The number of benzene rings is 1. The molecule has 2 aromatic rings. The Kier molecular flexibility index (Phi) is 1.99. The molecule has 2 heterocycles. The van der Waals surface area contributed by atoms with Crippen LogP contribution in [0.3, 0.4) is 0 Å².